The van der Waals surface area contributed by atoms with Gasteiger partial charge in [-0.1, -0.05) is 114 Å². The van der Waals surface area contributed by atoms with Crippen LogP contribution in [0.1, 0.15) is 27.8 Å². The number of nitrogens with zero attached hydrogens (tertiary/aromatic N) is 2. The summed E-state index contributed by atoms with van der Waals surface area (Å²) in [6, 6.07) is 36.9. The lowest BCUT2D eigenvalue weighted by Gasteiger charge is -2.31. The van der Waals surface area contributed by atoms with Crippen LogP contribution in [0.5, 0.6) is 0 Å². The third kappa shape index (κ3) is 10.2. The summed E-state index contributed by atoms with van der Waals surface area (Å²) >= 11 is 0. The van der Waals surface area contributed by atoms with Crippen LogP contribution in [0, 0.1) is 20.8 Å². The van der Waals surface area contributed by atoms with Gasteiger partial charge in [0.2, 0.25) is 30.1 Å². The lowest BCUT2D eigenvalue weighted by Crippen LogP contribution is -2.52. The van der Waals surface area contributed by atoms with Gasteiger partial charge in [-0.3, -0.25) is 0 Å². The molecule has 0 amide bonds. The van der Waals surface area contributed by atoms with Crippen LogP contribution in [-0.2, 0) is 42.9 Å². The molecule has 0 aliphatic rings. The van der Waals surface area contributed by atoms with Crippen LogP contribution in [0.2, 0.25) is 0 Å². The highest BCUT2D eigenvalue weighted by atomic mass is 32.2. The van der Waals surface area contributed by atoms with Crippen molar-refractivity contribution in [3.63, 3.8) is 0 Å². The maximum atomic E-state index is 14.3. The minimum atomic E-state index is -4.23. The largest absolute Gasteiger partial charge is 0.243 e. The van der Waals surface area contributed by atoms with Crippen LogP contribution < -0.4 is 4.72 Å². The van der Waals surface area contributed by atoms with Crippen molar-refractivity contribution in [2.45, 2.75) is 54.3 Å². The van der Waals surface area contributed by atoms with E-state index in [9.17, 15) is 25.3 Å². The van der Waals surface area contributed by atoms with Gasteiger partial charge in [0.25, 0.3) is 0 Å². The van der Waals surface area contributed by atoms with Gasteiger partial charge in [0.1, 0.15) is 0 Å². The lowest BCUT2D eigenvalue weighted by atomic mass is 10.1. The van der Waals surface area contributed by atoms with Crippen molar-refractivity contribution in [3.8, 4) is 0 Å². The Labute approximate surface area is 309 Å². The molecule has 0 aliphatic heterocycles. The highest BCUT2D eigenvalue weighted by Gasteiger charge is 2.34. The predicted molar refractivity (Wildman–Crippen MR) is 205 cm³/mol. The summed E-state index contributed by atoms with van der Waals surface area (Å²) in [5.41, 5.74) is 4.43. The zero-order chi connectivity index (χ0) is 37.4. The maximum Gasteiger partial charge on any atom is 0.243 e. The van der Waals surface area contributed by atoms with Gasteiger partial charge in [-0.15, -0.1) is 0 Å². The molecule has 0 saturated heterocycles. The van der Waals surface area contributed by atoms with Crippen LogP contribution in [0.25, 0.3) is 0 Å². The minimum absolute atomic E-state index is 0.0162. The summed E-state index contributed by atoms with van der Waals surface area (Å²) in [4.78, 5) is 0.0941. The molecule has 12 heteroatoms. The van der Waals surface area contributed by atoms with Crippen LogP contribution in [0.3, 0.4) is 0 Å². The second-order valence-electron chi connectivity index (χ2n) is 13.0. The quantitative estimate of drug-likeness (QED) is 0.122. The number of nitrogens with one attached hydrogen (secondary N) is 1. The molecule has 5 aromatic rings. The molecular formula is C40H45N3O6S3. The predicted octanol–water partition coefficient (Wildman–Crippen LogP) is 6.13. The summed E-state index contributed by atoms with van der Waals surface area (Å²) in [5.74, 6) is 0. The van der Waals surface area contributed by atoms with Gasteiger partial charge in [0.15, 0.2) is 0 Å². The molecule has 0 unspecified atom stereocenters. The second kappa shape index (κ2) is 17.1. The molecule has 0 spiro atoms. The normalized spacial score (nSPS) is 12.5. The molecule has 9 nitrogen and oxygen atoms in total. The van der Waals surface area contributed by atoms with Crippen molar-refractivity contribution in [3.05, 3.63) is 161 Å². The molecule has 0 heterocycles. The molecule has 52 heavy (non-hydrogen) atoms. The zero-order valence-electron chi connectivity index (χ0n) is 29.6. The van der Waals surface area contributed by atoms with E-state index in [1.807, 2.05) is 81.4 Å². The molecule has 5 rings (SSSR count). The minimum Gasteiger partial charge on any atom is -0.207 e. The monoisotopic (exact) mass is 759 g/mol. The average molecular weight is 760 g/mol. The lowest BCUT2D eigenvalue weighted by molar-refractivity contribution is 0.320. The van der Waals surface area contributed by atoms with E-state index in [2.05, 4.69) is 4.72 Å². The fourth-order valence-corrected chi connectivity index (χ4v) is 9.95. The topological polar surface area (TPSA) is 121 Å². The smallest absolute Gasteiger partial charge is 0.207 e. The molecular weight excluding hydrogens is 715 g/mol. The first kappa shape index (κ1) is 39.0. The van der Waals surface area contributed by atoms with Gasteiger partial charge in [-0.05, 0) is 81.1 Å². The van der Waals surface area contributed by atoms with Gasteiger partial charge in [0.05, 0.1) is 14.7 Å². The first-order chi connectivity index (χ1) is 24.7. The number of benzene rings is 5. The van der Waals surface area contributed by atoms with Crippen LogP contribution in [0.4, 0.5) is 0 Å². The first-order valence-corrected chi connectivity index (χ1v) is 21.4. The maximum absolute atomic E-state index is 14.3. The van der Waals surface area contributed by atoms with E-state index in [0.29, 0.717) is 12.8 Å². The summed E-state index contributed by atoms with van der Waals surface area (Å²) in [6.45, 7) is 4.94. The third-order valence-corrected chi connectivity index (χ3v) is 14.1. The van der Waals surface area contributed by atoms with Gasteiger partial charge in [0, 0.05) is 32.2 Å². The van der Waals surface area contributed by atoms with Crippen molar-refractivity contribution < 1.29 is 25.3 Å². The van der Waals surface area contributed by atoms with E-state index in [4.69, 9.17) is 0 Å². The molecule has 5 aromatic carbocycles. The molecule has 0 atom stereocenters. The van der Waals surface area contributed by atoms with Crippen LogP contribution in [0.15, 0.2) is 148 Å². The van der Waals surface area contributed by atoms with Gasteiger partial charge in [-0.2, -0.15) is 8.61 Å². The standard InChI is InChI=1S/C40H45N3O6S3/c1-32-14-20-38(21-15-32)50(44,45)41-37(30-42(28-26-35-10-6-4-7-11-35)51(46,47)39-22-16-33(2)17-23-39)31-43(29-27-36-12-8-5-9-13-36)52(48,49)40-24-18-34(3)19-25-40/h4-25,37,41H,26-31H2,1-3H3. The Balaban J connectivity index is 1.57. The highest BCUT2D eigenvalue weighted by Crippen LogP contribution is 2.22. The number of hydrogen-bond acceptors (Lipinski definition) is 6. The Morgan fingerprint density at radius 2 is 0.788 bits per heavy atom. The van der Waals surface area contributed by atoms with E-state index in [1.54, 1.807) is 36.4 Å². The molecule has 0 aromatic heterocycles. The molecule has 274 valence electrons. The molecule has 0 bridgehead atoms. The average Bonchev–Trinajstić information content (AvgIpc) is 3.12. The number of rotatable bonds is 17. The van der Waals surface area contributed by atoms with Crippen LogP contribution in [-0.4, -0.2) is 66.1 Å². The van der Waals surface area contributed by atoms with Gasteiger partial charge in [-0.25, -0.2) is 30.0 Å². The Morgan fingerprint density at radius 1 is 0.462 bits per heavy atom. The third-order valence-electron chi connectivity index (χ3n) is 8.80. The Bertz CT molecular complexity index is 2110. The second-order valence-corrected chi connectivity index (χ2v) is 18.5. The summed E-state index contributed by atoms with van der Waals surface area (Å²) in [6.07, 6.45) is 0.700. The van der Waals surface area contributed by atoms with E-state index >= 15 is 0 Å². The van der Waals surface area contributed by atoms with E-state index in [1.165, 1.54) is 45.0 Å². The first-order valence-electron chi connectivity index (χ1n) is 17.0. The van der Waals surface area contributed by atoms with Crippen molar-refractivity contribution in [1.82, 2.24) is 13.3 Å². The van der Waals surface area contributed by atoms with Crippen molar-refractivity contribution in [2.75, 3.05) is 26.2 Å². The molecule has 1 N–H and O–H groups in total. The van der Waals surface area contributed by atoms with Crippen molar-refractivity contribution in [2.24, 2.45) is 0 Å². The molecule has 0 aliphatic carbocycles. The Hall–Kier alpha value is -4.17. The Morgan fingerprint density at radius 3 is 1.13 bits per heavy atom. The van der Waals surface area contributed by atoms with Gasteiger partial charge >= 0.3 is 0 Å². The number of aryl methyl sites for hydroxylation is 3. The van der Waals surface area contributed by atoms with Crippen molar-refractivity contribution >= 4 is 30.1 Å². The summed E-state index contributed by atoms with van der Waals surface area (Å²) < 4.78 is 90.4. The van der Waals surface area contributed by atoms with E-state index in [-0.39, 0.29) is 40.9 Å². The fourth-order valence-electron chi connectivity index (χ4n) is 5.76. The van der Waals surface area contributed by atoms with Crippen molar-refractivity contribution in [1.29, 1.82) is 0 Å². The zero-order valence-corrected chi connectivity index (χ0v) is 32.0. The summed E-state index contributed by atoms with van der Waals surface area (Å²) in [5, 5.41) is 0. The van der Waals surface area contributed by atoms with Gasteiger partial charge < -0.3 is 0 Å². The number of hydrogen-bond donors (Lipinski definition) is 1. The molecule has 0 fully saturated rings. The Kier molecular flexibility index (Phi) is 12.8. The SMILES string of the molecule is Cc1ccc(S(=O)(=O)NC(CN(CCc2ccccc2)S(=O)(=O)c2ccc(C)cc2)CN(CCc2ccccc2)S(=O)(=O)c2ccc(C)cc2)cc1. The molecule has 0 radical (unpaired) electrons. The summed E-state index contributed by atoms with van der Waals surface area (Å²) in [7, 11) is -12.5. The number of sulfonamides is 3. The fraction of sp³-hybridized carbons (Fsp3) is 0.250. The molecule has 0 saturated carbocycles. The van der Waals surface area contributed by atoms with Crippen LogP contribution >= 0.6 is 0 Å². The van der Waals surface area contributed by atoms with E-state index in [0.717, 1.165) is 27.8 Å². The van der Waals surface area contributed by atoms with E-state index < -0.39 is 36.1 Å². The highest BCUT2D eigenvalue weighted by molar-refractivity contribution is 7.90.